The number of amides is 7. The van der Waals surface area contributed by atoms with Crippen LogP contribution in [0.1, 0.15) is 123 Å². The smallest absolute Gasteiger partial charge is 0.466 e. The number of esters is 2. The molecule has 0 radical (unpaired) electrons. The van der Waals surface area contributed by atoms with Gasteiger partial charge in [-0.2, -0.15) is 27.0 Å². The van der Waals surface area contributed by atoms with Crippen LogP contribution < -0.4 is 32.3 Å². The van der Waals surface area contributed by atoms with E-state index in [1.165, 1.54) is 80.5 Å². The first-order valence-corrected chi connectivity index (χ1v) is 33.1. The van der Waals surface area contributed by atoms with Gasteiger partial charge < -0.3 is 72.0 Å². The third-order valence-corrected chi connectivity index (χ3v) is 17.2. The first-order chi connectivity index (χ1) is 45.2. The van der Waals surface area contributed by atoms with Crippen LogP contribution in [0.15, 0.2) is 51.5 Å². The summed E-state index contributed by atoms with van der Waals surface area (Å²) in [6.45, 7) is 13.3. The van der Waals surface area contributed by atoms with Crippen LogP contribution in [0.25, 0.3) is 0 Å². The lowest BCUT2D eigenvalue weighted by atomic mass is 9.95. The number of benzene rings is 1. The van der Waals surface area contributed by atoms with Gasteiger partial charge in [-0.3, -0.25) is 29.3 Å². The lowest BCUT2D eigenvalue weighted by Crippen LogP contribution is -2.54. The monoisotopic (exact) mass is 1420 g/mol. The number of fused-ring (bicyclic) bond motifs is 4. The summed E-state index contributed by atoms with van der Waals surface area (Å²) in [6.07, 6.45) is 2.29. The molecule has 8 heterocycles. The Hall–Kier alpha value is -8.70. The summed E-state index contributed by atoms with van der Waals surface area (Å²) in [5.41, 5.74) is -2.64. The molecule has 6 fully saturated rings. The molecule has 4 bridgehead atoms. The van der Waals surface area contributed by atoms with Gasteiger partial charge in [-0.25, -0.2) is 37.1 Å². The number of likely N-dealkylation sites (tertiary alicyclic amines) is 1. The number of aryl methyl sites for hydroxylation is 2. The summed E-state index contributed by atoms with van der Waals surface area (Å²) in [5.74, 6) is -2.97. The molecule has 38 nitrogen and oxygen atoms in total. The number of rotatable bonds is 24. The average molecular weight is 1420 g/mol. The first-order valence-electron chi connectivity index (χ1n) is 30.4. The number of hydrogen-bond donors (Lipinski definition) is 3. The Morgan fingerprint density at radius 2 is 1.04 bits per heavy atom. The molecule has 0 unspecified atom stereocenters. The van der Waals surface area contributed by atoms with Crippen LogP contribution in [0, 0.1) is 34.8 Å². The number of nitro benzene ring substituents is 1. The second-order valence-corrected chi connectivity index (χ2v) is 26.2. The molecule has 4 atom stereocenters. The van der Waals surface area contributed by atoms with Crippen LogP contribution in [0.2, 0.25) is 0 Å². The molecule has 0 saturated carbocycles. The SMILES string of the molecule is C.CCOC(=O)C(C)(C)COS(=O)(=O)ON1C(=O)N2C[C@H]1CC[C@H]2C(=O)NC1CCN(C(=O)OCc2oc(=O)oc2C)CC1.CCOC(=O)C(C)(C)COS(=O)(=O)ON1C(=O)N2C[C@H]1CC[C@H]2C(=O)NC1CCNCC1.Cc1oc(=O)oc1COC(=O)Oc1ccc([N+](=O)[O-])cc1. The Labute approximate surface area is 556 Å². The number of ether oxygens (including phenoxy) is 5. The van der Waals surface area contributed by atoms with Gasteiger partial charge in [-0.15, -0.1) is 8.57 Å². The number of nitro groups is 1. The van der Waals surface area contributed by atoms with E-state index in [1.54, 1.807) is 13.8 Å². The summed E-state index contributed by atoms with van der Waals surface area (Å²) in [6, 6.07) is 0.550. The number of nitrogens with one attached hydrogen (secondary N) is 3. The number of carbonyl (C=O) groups excluding carboxylic acids is 8. The predicted octanol–water partition coefficient (Wildman–Crippen LogP) is 3.52. The van der Waals surface area contributed by atoms with E-state index in [4.69, 9.17) is 49.5 Å². The molecule has 0 aliphatic carbocycles. The number of urea groups is 2. The predicted molar refractivity (Wildman–Crippen MR) is 326 cm³/mol. The van der Waals surface area contributed by atoms with Gasteiger partial charge in [-0.1, -0.05) is 7.43 Å². The Bertz CT molecular complexity index is 3650. The van der Waals surface area contributed by atoms with Crippen molar-refractivity contribution in [1.29, 1.82) is 0 Å². The van der Waals surface area contributed by atoms with E-state index in [0.29, 0.717) is 50.3 Å². The largest absolute Gasteiger partial charge is 0.519 e. The minimum atomic E-state index is -4.71. The molecule has 0 spiro atoms. The van der Waals surface area contributed by atoms with Gasteiger partial charge >= 0.3 is 68.7 Å². The lowest BCUT2D eigenvalue weighted by Gasteiger charge is -2.34. The van der Waals surface area contributed by atoms with Crippen molar-refractivity contribution >= 4 is 74.5 Å². The molecule has 40 heteroatoms. The highest BCUT2D eigenvalue weighted by Gasteiger charge is 2.52. The molecular formula is C57H81N9O29S2. The van der Waals surface area contributed by atoms with E-state index in [1.807, 2.05) is 0 Å². The average Bonchev–Trinajstić information content (AvgIpc) is 1.65. The summed E-state index contributed by atoms with van der Waals surface area (Å²) in [4.78, 5) is 135. The van der Waals surface area contributed by atoms with Crippen LogP contribution in [0.5, 0.6) is 5.75 Å². The van der Waals surface area contributed by atoms with Crippen molar-refractivity contribution in [2.24, 2.45) is 10.8 Å². The minimum absolute atomic E-state index is 0. The highest BCUT2D eigenvalue weighted by molar-refractivity contribution is 7.82. The number of hydrogen-bond acceptors (Lipinski definition) is 30. The molecule has 1 aromatic carbocycles. The van der Waals surface area contributed by atoms with Gasteiger partial charge in [0, 0.05) is 50.4 Å². The summed E-state index contributed by atoms with van der Waals surface area (Å²) in [5, 5.41) is 21.0. The first kappa shape index (κ1) is 77.3. The molecular weight excluding hydrogens is 1340 g/mol. The third-order valence-electron chi connectivity index (χ3n) is 15.7. The molecule has 6 aliphatic rings. The number of hydroxylamine groups is 4. The number of nitrogens with zero attached hydrogens (tertiary/aromatic N) is 6. The fraction of sp³-hybridized carbons (Fsp3) is 0.649. The Kier molecular flexibility index (Phi) is 26.7. The van der Waals surface area contributed by atoms with Gasteiger partial charge in [0.15, 0.2) is 36.3 Å². The highest BCUT2D eigenvalue weighted by Crippen LogP contribution is 2.34. The maximum atomic E-state index is 13.1. The van der Waals surface area contributed by atoms with E-state index in [9.17, 15) is 74.9 Å². The van der Waals surface area contributed by atoms with Gasteiger partial charge in [0.2, 0.25) is 11.8 Å². The zero-order valence-corrected chi connectivity index (χ0v) is 55.4. The molecule has 97 heavy (non-hydrogen) atoms. The van der Waals surface area contributed by atoms with Crippen molar-refractivity contribution < 1.29 is 118 Å². The molecule has 7 amide bonds. The van der Waals surface area contributed by atoms with Crippen molar-refractivity contribution in [1.82, 2.24) is 40.8 Å². The molecule has 3 N–H and O–H groups in total. The second-order valence-electron chi connectivity index (χ2n) is 23.8. The van der Waals surface area contributed by atoms with E-state index in [-0.39, 0.29) is 106 Å². The Morgan fingerprint density at radius 3 is 1.44 bits per heavy atom. The van der Waals surface area contributed by atoms with Crippen LogP contribution >= 0.6 is 0 Å². The van der Waals surface area contributed by atoms with E-state index in [0.717, 1.165) is 31.0 Å². The fourth-order valence-corrected chi connectivity index (χ4v) is 12.1. The standard InChI is InChI=1S/C25H36N4O13S.C19H32N4O8S.C12H9NO8.CH4/c1-5-37-21(31)25(3,4)14-39-43(35,36)42-29-17-6-7-18(28(12-17)22(29)32)20(30)26-16-8-10-27(11-9-16)23(33)38-13-19-15(2)40-24(34)41-19;1-4-29-17(25)19(2,3)12-30-32(27,28)31-23-14-5-6-15(22(11-14)18(23)26)16(24)21-13-7-9-20-10-8-13;1-7-10(21-12(15)19-7)6-18-11(14)20-9-4-2-8(3-5-9)13(16)17;/h16-18H,5-14H2,1-4H3,(H,26,30);13-15,20H,4-12H2,1-3H3,(H,21,24);2-5H,6H2,1H3;1H4/t17-,18+;14-,15+;;/m11../s1. The van der Waals surface area contributed by atoms with Crippen molar-refractivity contribution in [3.05, 3.63) is 78.7 Å². The van der Waals surface area contributed by atoms with Crippen molar-refractivity contribution in [2.45, 2.75) is 164 Å². The van der Waals surface area contributed by atoms with Crippen LogP contribution in [0.4, 0.5) is 24.9 Å². The normalized spacial score (nSPS) is 19.7. The van der Waals surface area contributed by atoms with Gasteiger partial charge in [-0.05, 0) is 132 Å². The van der Waals surface area contributed by atoms with Crippen LogP contribution in [-0.2, 0) is 89.1 Å². The topological polar surface area (TPSA) is 470 Å². The van der Waals surface area contributed by atoms with Crippen molar-refractivity contribution in [3.63, 3.8) is 0 Å². The van der Waals surface area contributed by atoms with E-state index < -0.39 is 128 Å². The fourth-order valence-electron chi connectivity index (χ4n) is 10.3. The highest BCUT2D eigenvalue weighted by atomic mass is 32.3. The van der Waals surface area contributed by atoms with Gasteiger partial charge in [0.1, 0.15) is 17.8 Å². The second kappa shape index (κ2) is 33.5. The zero-order valence-electron chi connectivity index (χ0n) is 53.8. The van der Waals surface area contributed by atoms with E-state index in [2.05, 4.69) is 24.8 Å². The molecule has 6 aliphatic heterocycles. The summed E-state index contributed by atoms with van der Waals surface area (Å²) < 4.78 is 112. The molecule has 540 valence electrons. The third kappa shape index (κ3) is 21.2. The maximum Gasteiger partial charge on any atom is 0.519 e. The molecule has 3 aromatic rings. The van der Waals surface area contributed by atoms with Crippen molar-refractivity contribution in [3.8, 4) is 5.75 Å². The van der Waals surface area contributed by atoms with Gasteiger partial charge in [0.25, 0.3) is 5.69 Å². The molecule has 6 saturated heterocycles. The Morgan fingerprint density at radius 1 is 0.619 bits per heavy atom. The maximum absolute atomic E-state index is 13.1. The van der Waals surface area contributed by atoms with Gasteiger partial charge in [0.05, 0.1) is 54.3 Å². The number of carbonyl (C=O) groups is 8. The molecule has 9 rings (SSSR count). The van der Waals surface area contributed by atoms with E-state index >= 15 is 0 Å². The lowest BCUT2D eigenvalue weighted by molar-refractivity contribution is -0.384. The summed E-state index contributed by atoms with van der Waals surface area (Å²) in [7, 11) is -9.32. The Balaban J connectivity index is 0.000000243. The zero-order chi connectivity index (χ0) is 70.5. The van der Waals surface area contributed by atoms with Crippen LogP contribution in [0.3, 0.4) is 0 Å². The quantitative estimate of drug-likeness (QED) is 0.0380. The van der Waals surface area contributed by atoms with Crippen LogP contribution in [-0.4, -0.2) is 197 Å². The molecule has 2 aromatic heterocycles. The van der Waals surface area contributed by atoms with Crippen molar-refractivity contribution in [2.75, 3.05) is 65.7 Å². The number of piperidine rings is 4. The number of non-ortho nitro benzene ring substituents is 1. The minimum Gasteiger partial charge on any atom is -0.466 e. The summed E-state index contributed by atoms with van der Waals surface area (Å²) >= 11 is 0.